The molecule has 0 spiro atoms. The maximum Gasteiger partial charge on any atom is 0.294 e. The van der Waals surface area contributed by atoms with Crippen LogP contribution in [-0.4, -0.2) is 42.8 Å². The van der Waals surface area contributed by atoms with Gasteiger partial charge in [-0.3, -0.25) is 0 Å². The predicted molar refractivity (Wildman–Crippen MR) is 40.9 cm³/mol. The van der Waals surface area contributed by atoms with Crippen molar-refractivity contribution in [2.75, 3.05) is 27.7 Å². The Morgan fingerprint density at radius 2 is 2.00 bits per heavy atom. The van der Waals surface area contributed by atoms with Gasteiger partial charge in [0, 0.05) is 0 Å². The van der Waals surface area contributed by atoms with Gasteiger partial charge in [0.1, 0.15) is 0 Å². The smallest absolute Gasteiger partial charge is 0.294 e. The Bertz CT molecular complexity index is 146. The van der Waals surface area contributed by atoms with Crippen molar-refractivity contribution in [2.45, 2.75) is 0 Å². The van der Waals surface area contributed by atoms with Gasteiger partial charge in [0.2, 0.25) is 0 Å². The van der Waals surface area contributed by atoms with E-state index in [1.807, 2.05) is 21.1 Å². The van der Waals surface area contributed by atoms with Crippen molar-refractivity contribution in [2.24, 2.45) is 5.50 Å². The number of hydrogen-bond donors (Lipinski definition) is 2. The number of aliphatic hydroxyl groups excluding tert-OH is 1. The molecule has 0 saturated heterocycles. The van der Waals surface area contributed by atoms with Crippen molar-refractivity contribution in [3.8, 4) is 0 Å². The largest absolute Gasteiger partial charge is 0.612 e. The molecule has 10 heavy (non-hydrogen) atoms. The summed E-state index contributed by atoms with van der Waals surface area (Å²) in [4.78, 5) is 10.5. The van der Waals surface area contributed by atoms with E-state index < -0.39 is 7.92 Å². The Labute approximate surface area is 62.0 Å². The van der Waals surface area contributed by atoms with Crippen LogP contribution in [0, 0.1) is 0 Å². The molecule has 5 heteroatoms. The number of rotatable bonds is 2. The lowest BCUT2D eigenvalue weighted by Crippen LogP contribution is -2.40. The first-order valence-electron chi connectivity index (χ1n) is 2.90. The van der Waals surface area contributed by atoms with Gasteiger partial charge in [0.05, 0.1) is 21.1 Å². The fraction of sp³-hybridized carbons (Fsp3) is 0.800. The third kappa shape index (κ3) is 4.85. The molecule has 0 fully saturated rings. The molecular weight excluding hydrogens is 151 g/mol. The van der Waals surface area contributed by atoms with Crippen LogP contribution in [0.5, 0.6) is 0 Å². The highest BCUT2D eigenvalue weighted by Gasteiger charge is 2.15. The Morgan fingerprint density at radius 1 is 1.60 bits per heavy atom. The Kier molecular flexibility index (Phi) is 3.42. The highest BCUT2D eigenvalue weighted by atomic mass is 31.1. The van der Waals surface area contributed by atoms with Gasteiger partial charge >= 0.3 is 0 Å². The van der Waals surface area contributed by atoms with Crippen LogP contribution < -0.4 is 10.4 Å². The van der Waals surface area contributed by atoms with Crippen molar-refractivity contribution in [1.29, 1.82) is 0 Å². The zero-order chi connectivity index (χ0) is 8.36. The normalized spacial score (nSPS) is 15.0. The van der Waals surface area contributed by atoms with Crippen LogP contribution in [0.15, 0.2) is 0 Å². The van der Waals surface area contributed by atoms with Gasteiger partial charge in [-0.15, -0.1) is 0 Å². The number of nitrogens with two attached hydrogens (primary N) is 1. The van der Waals surface area contributed by atoms with Gasteiger partial charge in [0.15, 0.2) is 14.5 Å². The van der Waals surface area contributed by atoms with Crippen molar-refractivity contribution < 1.29 is 14.5 Å². The molecule has 0 bridgehead atoms. The standard InChI is InChI=1S/C5H13N2O2P/c1-7(2,3)4-5(8)10(6)9/h4,6H2,1-3H3/p+1. The van der Waals surface area contributed by atoms with Crippen LogP contribution in [0.2, 0.25) is 0 Å². The van der Waals surface area contributed by atoms with Gasteiger partial charge in [-0.25, -0.2) is 0 Å². The maximum atomic E-state index is 10.5. The minimum atomic E-state index is -2.02. The molecule has 3 N–H and O–H groups in total. The van der Waals surface area contributed by atoms with E-state index in [-0.39, 0.29) is 5.48 Å². The molecule has 0 rings (SSSR count). The van der Waals surface area contributed by atoms with Crippen LogP contribution in [0.4, 0.5) is 0 Å². The average molecular weight is 165 g/mol. The first-order valence-corrected chi connectivity index (χ1v) is 4.23. The molecule has 4 nitrogen and oxygen atoms in total. The van der Waals surface area contributed by atoms with Gasteiger partial charge < -0.3 is 14.5 Å². The average Bonchev–Trinajstić information content (AvgIpc) is 1.60. The number of likely N-dealkylation sites (N-methyl/N-ethyl adjacent to an activating group) is 1. The lowest BCUT2D eigenvalue weighted by atomic mass is 10.5. The van der Waals surface area contributed by atoms with Crippen molar-refractivity contribution in [3.05, 3.63) is 0 Å². The van der Waals surface area contributed by atoms with E-state index in [2.05, 4.69) is 0 Å². The SMILES string of the molecule is C[N+](C)(C)C/C(O)=[P+](/N)[O-]. The molecule has 0 aliphatic rings. The van der Waals surface area contributed by atoms with E-state index in [0.717, 1.165) is 0 Å². The maximum absolute atomic E-state index is 10.5. The summed E-state index contributed by atoms with van der Waals surface area (Å²) < 4.78 is 0.532. The van der Waals surface area contributed by atoms with Crippen LogP contribution in [0.25, 0.3) is 0 Å². The summed E-state index contributed by atoms with van der Waals surface area (Å²) in [5, 5.41) is 8.95. The molecule has 0 heterocycles. The fourth-order valence-corrected chi connectivity index (χ4v) is 1.06. The summed E-state index contributed by atoms with van der Waals surface area (Å²) in [7, 11) is 3.63. The lowest BCUT2D eigenvalue weighted by Gasteiger charge is -2.21. The second-order valence-corrected chi connectivity index (χ2v) is 4.36. The summed E-state index contributed by atoms with van der Waals surface area (Å²) in [5.41, 5.74) is 4.83. The van der Waals surface area contributed by atoms with Gasteiger partial charge in [-0.1, -0.05) is 0 Å². The summed E-state index contributed by atoms with van der Waals surface area (Å²) >= 11 is 0. The number of aliphatic hydroxyl groups is 1. The minimum Gasteiger partial charge on any atom is -0.612 e. The van der Waals surface area contributed by atoms with E-state index in [1.165, 1.54) is 0 Å². The van der Waals surface area contributed by atoms with Crippen molar-refractivity contribution >= 4 is 13.4 Å². The monoisotopic (exact) mass is 165 g/mol. The van der Waals surface area contributed by atoms with E-state index in [1.54, 1.807) is 0 Å². The van der Waals surface area contributed by atoms with Crippen molar-refractivity contribution in [1.82, 2.24) is 0 Å². The molecule has 0 radical (unpaired) electrons. The molecule has 60 valence electrons. The molecule has 0 aromatic heterocycles. The van der Waals surface area contributed by atoms with E-state index in [4.69, 9.17) is 10.6 Å². The fourth-order valence-electron chi connectivity index (χ4n) is 0.494. The number of nitrogens with zero attached hydrogens (tertiary/aromatic N) is 1. The summed E-state index contributed by atoms with van der Waals surface area (Å²) in [6.07, 6.45) is 0. The summed E-state index contributed by atoms with van der Waals surface area (Å²) in [6, 6.07) is 0. The molecule has 0 aromatic rings. The predicted octanol–water partition coefficient (Wildman–Crippen LogP) is -1.17. The molecular formula is C5H14N2O2P+. The number of hydrogen-bond acceptors (Lipinski definition) is 2. The molecule has 1 atom stereocenters. The summed E-state index contributed by atoms with van der Waals surface area (Å²) in [5.74, 6) is 0. The quantitative estimate of drug-likeness (QED) is 0.400. The Morgan fingerprint density at radius 3 is 2.10 bits per heavy atom. The Balaban J connectivity index is 4.06. The van der Waals surface area contributed by atoms with Gasteiger partial charge in [0.25, 0.3) is 5.48 Å². The van der Waals surface area contributed by atoms with Gasteiger partial charge in [-0.2, -0.15) is 5.50 Å². The Hall–Kier alpha value is 0.01000. The molecule has 0 amide bonds. The van der Waals surface area contributed by atoms with Crippen molar-refractivity contribution in [3.63, 3.8) is 0 Å². The van der Waals surface area contributed by atoms with Gasteiger partial charge in [-0.05, 0) is 0 Å². The first-order chi connectivity index (χ1) is 4.33. The molecule has 1 unspecified atom stereocenters. The molecule has 0 saturated carbocycles. The molecule has 0 aromatic carbocycles. The minimum absolute atomic E-state index is 0.123. The summed E-state index contributed by atoms with van der Waals surface area (Å²) in [6.45, 7) is 0.339. The highest BCUT2D eigenvalue weighted by Crippen LogP contribution is 2.01. The third-order valence-electron chi connectivity index (χ3n) is 0.870. The lowest BCUT2D eigenvalue weighted by molar-refractivity contribution is -0.861. The van der Waals surface area contributed by atoms with Crippen LogP contribution in [0.3, 0.4) is 0 Å². The van der Waals surface area contributed by atoms with E-state index >= 15 is 0 Å². The zero-order valence-corrected chi connectivity index (χ0v) is 7.43. The first kappa shape index (κ1) is 10.0. The highest BCUT2D eigenvalue weighted by molar-refractivity contribution is 7.48. The van der Waals surface area contributed by atoms with Crippen LogP contribution >= 0.6 is 7.92 Å². The number of quaternary nitrogens is 1. The molecule has 0 aliphatic carbocycles. The second-order valence-electron chi connectivity index (χ2n) is 3.19. The van der Waals surface area contributed by atoms with Crippen LogP contribution in [0.1, 0.15) is 0 Å². The van der Waals surface area contributed by atoms with Crippen LogP contribution in [-0.2, 0) is 0 Å². The third-order valence-corrected chi connectivity index (χ3v) is 1.52. The second kappa shape index (κ2) is 3.42. The molecule has 0 aliphatic heterocycles. The van der Waals surface area contributed by atoms with E-state index in [9.17, 15) is 4.89 Å². The topological polar surface area (TPSA) is 69.3 Å². The van der Waals surface area contributed by atoms with E-state index in [0.29, 0.717) is 11.0 Å². The zero-order valence-electron chi connectivity index (χ0n) is 6.53.